The molecule has 0 unspecified atom stereocenters. The summed E-state index contributed by atoms with van der Waals surface area (Å²) in [6.07, 6.45) is 9.20. The molecule has 0 radical (unpaired) electrons. The van der Waals surface area contributed by atoms with Crippen LogP contribution >= 0.6 is 0 Å². The lowest BCUT2D eigenvalue weighted by Gasteiger charge is -2.24. The van der Waals surface area contributed by atoms with Crippen LogP contribution in [0.3, 0.4) is 0 Å². The average Bonchev–Trinajstić information content (AvgIpc) is 3.02. The molecule has 29 heavy (non-hydrogen) atoms. The molecular weight excluding hydrogens is 352 g/mol. The molecule has 4 rings (SSSR count). The van der Waals surface area contributed by atoms with E-state index in [1.165, 1.54) is 33.9 Å². The van der Waals surface area contributed by atoms with E-state index in [0.29, 0.717) is 0 Å². The predicted molar refractivity (Wildman–Crippen MR) is 125 cm³/mol. The highest BCUT2D eigenvalue weighted by molar-refractivity contribution is 6.02. The van der Waals surface area contributed by atoms with Crippen LogP contribution in [-0.4, -0.2) is 24.4 Å². The van der Waals surface area contributed by atoms with E-state index in [4.69, 9.17) is 0 Å². The molecule has 2 aliphatic rings. The highest BCUT2D eigenvalue weighted by Gasteiger charge is 2.42. The van der Waals surface area contributed by atoms with Crippen molar-refractivity contribution >= 4 is 17.1 Å². The number of nitrogens with zero attached hydrogens (tertiary/aromatic N) is 2. The maximum Gasteiger partial charge on any atom is 0.209 e. The minimum Gasteiger partial charge on any atom is -0.347 e. The van der Waals surface area contributed by atoms with Crippen LogP contribution in [0, 0.1) is 0 Å². The Morgan fingerprint density at radius 3 is 2.21 bits per heavy atom. The summed E-state index contributed by atoms with van der Waals surface area (Å²) in [5.41, 5.74) is 8.40. The van der Waals surface area contributed by atoms with Gasteiger partial charge in [-0.3, -0.25) is 0 Å². The molecule has 150 valence electrons. The van der Waals surface area contributed by atoms with Gasteiger partial charge < -0.3 is 4.90 Å². The smallest absolute Gasteiger partial charge is 0.209 e. The standard InChI is InChI=1S/C27H33N2/c1-26(2)20-14-10-12-16-22(20)28(5)24(26)18-8-7-9-19-25-27(3,4)21-15-11-13-17-23(21)29(25)6/h8,10-19H,7,9H2,1-6H3/q+1. The highest BCUT2D eigenvalue weighted by Crippen LogP contribution is 2.46. The molecule has 0 amide bonds. The quantitative estimate of drug-likeness (QED) is 0.439. The monoisotopic (exact) mass is 385 g/mol. The summed E-state index contributed by atoms with van der Waals surface area (Å²) in [7, 11) is 4.38. The number of likely N-dealkylation sites (N-methyl/N-ethyl adjacent to an activating group) is 1. The molecule has 0 fully saturated rings. The lowest BCUT2D eigenvalue weighted by atomic mass is 9.81. The van der Waals surface area contributed by atoms with Crippen LogP contribution in [-0.2, 0) is 10.8 Å². The molecule has 0 atom stereocenters. The summed E-state index contributed by atoms with van der Waals surface area (Å²) in [6.45, 7) is 9.31. The molecule has 2 aromatic rings. The van der Waals surface area contributed by atoms with E-state index in [9.17, 15) is 0 Å². The van der Waals surface area contributed by atoms with Crippen molar-refractivity contribution in [2.24, 2.45) is 0 Å². The van der Waals surface area contributed by atoms with Crippen LogP contribution in [0.2, 0.25) is 0 Å². The Labute approximate surface area is 175 Å². The molecule has 2 aromatic carbocycles. The van der Waals surface area contributed by atoms with Gasteiger partial charge in [0, 0.05) is 41.6 Å². The SMILES string of the molecule is CN1C(=CCCC=CC2=[N+](C)c3ccccc3C2(C)C)C(C)(C)c2ccccc21. The second-order valence-electron chi connectivity index (χ2n) is 9.36. The number of anilines is 1. The Morgan fingerprint density at radius 1 is 0.862 bits per heavy atom. The summed E-state index contributed by atoms with van der Waals surface area (Å²) < 4.78 is 2.34. The van der Waals surface area contributed by atoms with Gasteiger partial charge in [0.05, 0.1) is 5.41 Å². The van der Waals surface area contributed by atoms with E-state index in [1.54, 1.807) is 0 Å². The van der Waals surface area contributed by atoms with Crippen LogP contribution in [0.4, 0.5) is 11.4 Å². The van der Waals surface area contributed by atoms with Crippen LogP contribution in [0.5, 0.6) is 0 Å². The van der Waals surface area contributed by atoms with E-state index in [1.807, 2.05) is 0 Å². The average molecular weight is 386 g/mol. The van der Waals surface area contributed by atoms with Crippen molar-refractivity contribution in [3.05, 3.63) is 83.6 Å². The normalized spacial score (nSPS) is 20.6. The van der Waals surface area contributed by atoms with Gasteiger partial charge in [0.1, 0.15) is 7.05 Å². The maximum absolute atomic E-state index is 2.42. The molecule has 2 nitrogen and oxygen atoms in total. The predicted octanol–water partition coefficient (Wildman–Crippen LogP) is 6.34. The van der Waals surface area contributed by atoms with E-state index >= 15 is 0 Å². The van der Waals surface area contributed by atoms with Gasteiger partial charge in [0.15, 0.2) is 5.71 Å². The van der Waals surface area contributed by atoms with Gasteiger partial charge in [-0.2, -0.15) is 4.58 Å². The second kappa shape index (κ2) is 7.02. The van der Waals surface area contributed by atoms with Gasteiger partial charge in [-0.1, -0.05) is 62.4 Å². The van der Waals surface area contributed by atoms with Crippen LogP contribution in [0.25, 0.3) is 0 Å². The molecule has 0 bridgehead atoms. The third-order valence-electron chi connectivity index (χ3n) is 6.83. The van der Waals surface area contributed by atoms with E-state index in [2.05, 4.69) is 118 Å². The molecule has 0 N–H and O–H groups in total. The van der Waals surface area contributed by atoms with Crippen molar-refractivity contribution in [1.82, 2.24) is 0 Å². The number of fused-ring (bicyclic) bond motifs is 2. The maximum atomic E-state index is 2.42. The zero-order chi connectivity index (χ0) is 20.8. The number of hydrogen-bond donors (Lipinski definition) is 0. The largest absolute Gasteiger partial charge is 0.347 e. The summed E-state index contributed by atoms with van der Waals surface area (Å²) in [5.74, 6) is 0. The third kappa shape index (κ3) is 3.06. The van der Waals surface area contributed by atoms with Crippen molar-refractivity contribution in [3.8, 4) is 0 Å². The lowest BCUT2D eigenvalue weighted by Crippen LogP contribution is -2.26. The van der Waals surface area contributed by atoms with Gasteiger partial charge >= 0.3 is 0 Å². The number of unbranched alkanes of at least 4 members (excludes halogenated alkanes) is 1. The Bertz CT molecular complexity index is 1030. The van der Waals surface area contributed by atoms with Crippen molar-refractivity contribution in [2.45, 2.75) is 51.4 Å². The first-order chi connectivity index (χ1) is 13.8. The Balaban J connectivity index is 1.48. The number of allylic oxidation sites excluding steroid dienone is 4. The molecular formula is C27H33N2+. The first kappa shape index (κ1) is 19.7. The zero-order valence-electron chi connectivity index (χ0n) is 18.7. The number of rotatable bonds is 4. The van der Waals surface area contributed by atoms with Crippen LogP contribution in [0.1, 0.15) is 51.7 Å². The molecule has 0 saturated heterocycles. The van der Waals surface area contributed by atoms with Gasteiger partial charge in [-0.05, 0) is 38.3 Å². The van der Waals surface area contributed by atoms with E-state index in [0.717, 1.165) is 12.8 Å². The Morgan fingerprint density at radius 2 is 1.52 bits per heavy atom. The molecule has 2 heteroatoms. The van der Waals surface area contributed by atoms with Crippen molar-refractivity contribution in [2.75, 3.05) is 19.0 Å². The lowest BCUT2D eigenvalue weighted by molar-refractivity contribution is -0.401. The Hall–Kier alpha value is -2.61. The molecule has 2 heterocycles. The molecule has 0 spiro atoms. The first-order valence-corrected chi connectivity index (χ1v) is 10.7. The van der Waals surface area contributed by atoms with Gasteiger partial charge in [0.2, 0.25) is 5.69 Å². The first-order valence-electron chi connectivity index (χ1n) is 10.7. The third-order valence-corrected chi connectivity index (χ3v) is 6.83. The van der Waals surface area contributed by atoms with Crippen molar-refractivity contribution in [3.63, 3.8) is 0 Å². The zero-order valence-corrected chi connectivity index (χ0v) is 18.7. The minimum absolute atomic E-state index is 0.0512. The van der Waals surface area contributed by atoms with Crippen LogP contribution < -0.4 is 4.90 Å². The van der Waals surface area contributed by atoms with Gasteiger partial charge in [-0.25, -0.2) is 0 Å². The van der Waals surface area contributed by atoms with E-state index in [-0.39, 0.29) is 10.8 Å². The summed E-state index contributed by atoms with van der Waals surface area (Å²) >= 11 is 0. The molecule has 2 aliphatic heterocycles. The van der Waals surface area contributed by atoms with Gasteiger partial charge in [-0.15, -0.1) is 0 Å². The summed E-state index contributed by atoms with van der Waals surface area (Å²) in [6, 6.07) is 17.5. The van der Waals surface area contributed by atoms with E-state index < -0.39 is 0 Å². The number of para-hydroxylation sites is 2. The molecule has 0 aromatic heterocycles. The number of benzene rings is 2. The highest BCUT2D eigenvalue weighted by atomic mass is 15.2. The van der Waals surface area contributed by atoms with Gasteiger partial charge in [0.25, 0.3) is 0 Å². The van der Waals surface area contributed by atoms with Crippen molar-refractivity contribution in [1.29, 1.82) is 0 Å². The van der Waals surface area contributed by atoms with Crippen LogP contribution in [0.15, 0.2) is 72.5 Å². The fourth-order valence-corrected chi connectivity index (χ4v) is 5.19. The summed E-state index contributed by atoms with van der Waals surface area (Å²) in [4.78, 5) is 2.36. The van der Waals surface area contributed by atoms with Crippen molar-refractivity contribution < 1.29 is 4.58 Å². The second-order valence-corrected chi connectivity index (χ2v) is 9.36. The summed E-state index contributed by atoms with van der Waals surface area (Å²) in [5, 5.41) is 0. The fraction of sp³-hybridized carbons (Fsp3) is 0.370. The fourth-order valence-electron chi connectivity index (χ4n) is 5.19. The molecule has 0 saturated carbocycles. The number of hydrogen-bond acceptors (Lipinski definition) is 1. The minimum atomic E-state index is 0.0512. The topological polar surface area (TPSA) is 6.25 Å². The Kier molecular flexibility index (Phi) is 4.77. The molecule has 0 aliphatic carbocycles.